The van der Waals surface area contributed by atoms with E-state index < -0.39 is 0 Å². The highest BCUT2D eigenvalue weighted by molar-refractivity contribution is 5.99. The van der Waals surface area contributed by atoms with Gasteiger partial charge in [-0.15, -0.1) is 0 Å². The minimum absolute atomic E-state index is 0.0569. The third kappa shape index (κ3) is 6.58. The number of benzene rings is 2. The Hall–Kier alpha value is -4.52. The zero-order valence-corrected chi connectivity index (χ0v) is 21.6. The van der Waals surface area contributed by atoms with Crippen molar-refractivity contribution >= 4 is 23.6 Å². The van der Waals surface area contributed by atoms with Crippen LogP contribution in [0.25, 0.3) is 17.3 Å². The number of pyridine rings is 1. The van der Waals surface area contributed by atoms with Gasteiger partial charge in [-0.25, -0.2) is 0 Å². The second kappa shape index (κ2) is 11.5. The van der Waals surface area contributed by atoms with Gasteiger partial charge < -0.3 is 10.2 Å². The van der Waals surface area contributed by atoms with Crippen molar-refractivity contribution in [2.45, 2.75) is 27.3 Å². The maximum absolute atomic E-state index is 12.8. The van der Waals surface area contributed by atoms with Gasteiger partial charge in [0.2, 0.25) is 11.8 Å². The van der Waals surface area contributed by atoms with Crippen molar-refractivity contribution in [2.75, 3.05) is 18.9 Å². The van der Waals surface area contributed by atoms with E-state index in [9.17, 15) is 9.59 Å². The molecule has 188 valence electrons. The summed E-state index contributed by atoms with van der Waals surface area (Å²) >= 11 is 0. The monoisotopic (exact) mass is 493 g/mol. The number of nitrogens with zero attached hydrogens (tertiary/aromatic N) is 4. The van der Waals surface area contributed by atoms with Gasteiger partial charge in [-0.1, -0.05) is 48.0 Å². The topological polar surface area (TPSA) is 80.1 Å². The van der Waals surface area contributed by atoms with Crippen molar-refractivity contribution in [1.82, 2.24) is 19.7 Å². The third-order valence-electron chi connectivity index (χ3n) is 6.02. The molecular formula is C30H31N5O2. The molecule has 4 rings (SSSR count). The van der Waals surface area contributed by atoms with E-state index in [1.165, 1.54) is 11.0 Å². The lowest BCUT2D eigenvalue weighted by Crippen LogP contribution is -2.34. The Kier molecular flexibility index (Phi) is 7.93. The molecular weight excluding hydrogens is 462 g/mol. The first-order valence-corrected chi connectivity index (χ1v) is 12.1. The van der Waals surface area contributed by atoms with Gasteiger partial charge >= 0.3 is 0 Å². The van der Waals surface area contributed by atoms with Gasteiger partial charge in [0.05, 0.1) is 13.1 Å². The molecule has 0 aliphatic carbocycles. The predicted molar refractivity (Wildman–Crippen MR) is 147 cm³/mol. The van der Waals surface area contributed by atoms with Crippen LogP contribution in [0.5, 0.6) is 0 Å². The van der Waals surface area contributed by atoms with Crippen molar-refractivity contribution < 1.29 is 9.59 Å². The van der Waals surface area contributed by atoms with Crippen LogP contribution in [-0.2, 0) is 16.1 Å². The number of rotatable bonds is 8. The summed E-state index contributed by atoms with van der Waals surface area (Å²) in [6, 6.07) is 17.9. The van der Waals surface area contributed by atoms with Crippen LogP contribution in [0.2, 0.25) is 0 Å². The Labute approximate surface area is 217 Å². The Morgan fingerprint density at radius 3 is 2.43 bits per heavy atom. The molecule has 2 aromatic heterocycles. The van der Waals surface area contributed by atoms with Crippen molar-refractivity contribution in [2.24, 2.45) is 0 Å². The van der Waals surface area contributed by atoms with E-state index >= 15 is 0 Å². The third-order valence-corrected chi connectivity index (χ3v) is 6.02. The highest BCUT2D eigenvalue weighted by atomic mass is 16.2. The SMILES string of the molecule is Cc1cc(C)c(NC(=O)CN(C)C(=O)C=Cc2cn(Cc3ccccc3)nc2-c2cccnc2)c(C)c1. The van der Waals surface area contributed by atoms with E-state index in [2.05, 4.69) is 10.3 Å². The molecule has 0 spiro atoms. The number of hydrogen-bond donors (Lipinski definition) is 1. The average Bonchev–Trinajstić information content (AvgIpc) is 3.28. The van der Waals surface area contributed by atoms with Crippen molar-refractivity contribution in [1.29, 1.82) is 0 Å². The van der Waals surface area contributed by atoms with Crippen LogP contribution < -0.4 is 5.32 Å². The summed E-state index contributed by atoms with van der Waals surface area (Å²) in [4.78, 5) is 31.1. The number of aryl methyl sites for hydroxylation is 3. The van der Waals surface area contributed by atoms with E-state index in [4.69, 9.17) is 5.10 Å². The van der Waals surface area contributed by atoms with Gasteiger partial charge in [0.15, 0.2) is 0 Å². The largest absolute Gasteiger partial charge is 0.333 e. The van der Waals surface area contributed by atoms with Crippen molar-refractivity contribution in [3.05, 3.63) is 107 Å². The highest BCUT2D eigenvalue weighted by Gasteiger charge is 2.15. The number of carbonyl (C=O) groups excluding carboxylic acids is 2. The number of aromatic nitrogens is 3. The molecule has 2 amide bonds. The molecule has 0 fully saturated rings. The molecule has 7 heteroatoms. The van der Waals surface area contributed by atoms with Crippen LogP contribution >= 0.6 is 0 Å². The molecule has 4 aromatic rings. The lowest BCUT2D eigenvalue weighted by molar-refractivity contribution is -0.129. The van der Waals surface area contributed by atoms with Gasteiger partial charge in [0.25, 0.3) is 0 Å². The predicted octanol–water partition coefficient (Wildman–Crippen LogP) is 5.03. The molecule has 0 bridgehead atoms. The van der Waals surface area contributed by atoms with Crippen molar-refractivity contribution in [3.8, 4) is 11.3 Å². The van der Waals surface area contributed by atoms with E-state index in [0.29, 0.717) is 6.54 Å². The maximum atomic E-state index is 12.8. The zero-order chi connectivity index (χ0) is 26.4. The first-order chi connectivity index (χ1) is 17.8. The summed E-state index contributed by atoms with van der Waals surface area (Å²) in [5.74, 6) is -0.522. The first-order valence-electron chi connectivity index (χ1n) is 12.1. The molecule has 2 aromatic carbocycles. The number of nitrogens with one attached hydrogen (secondary N) is 1. The van der Waals surface area contributed by atoms with Crippen molar-refractivity contribution in [3.63, 3.8) is 0 Å². The Morgan fingerprint density at radius 2 is 1.76 bits per heavy atom. The molecule has 0 unspecified atom stereocenters. The molecule has 0 saturated carbocycles. The molecule has 7 nitrogen and oxygen atoms in total. The fourth-order valence-electron chi connectivity index (χ4n) is 4.28. The second-order valence-corrected chi connectivity index (χ2v) is 9.21. The fourth-order valence-corrected chi connectivity index (χ4v) is 4.28. The summed E-state index contributed by atoms with van der Waals surface area (Å²) in [6.07, 6.45) is 8.58. The van der Waals surface area contributed by atoms with E-state index in [1.807, 2.05) is 86.2 Å². The molecule has 0 atom stereocenters. The van der Waals surface area contributed by atoms with Gasteiger partial charge in [0.1, 0.15) is 5.69 Å². The van der Waals surface area contributed by atoms with Crippen LogP contribution in [0, 0.1) is 20.8 Å². The zero-order valence-electron chi connectivity index (χ0n) is 21.6. The number of hydrogen-bond acceptors (Lipinski definition) is 4. The van der Waals surface area contributed by atoms with Crippen LogP contribution in [0.1, 0.15) is 27.8 Å². The lowest BCUT2D eigenvalue weighted by Gasteiger charge is -2.17. The number of amides is 2. The summed E-state index contributed by atoms with van der Waals surface area (Å²) in [6.45, 7) is 6.50. The fraction of sp³-hybridized carbons (Fsp3) is 0.200. The van der Waals surface area contributed by atoms with E-state index in [0.717, 1.165) is 44.8 Å². The van der Waals surface area contributed by atoms with Gasteiger partial charge in [0, 0.05) is 48.5 Å². The summed E-state index contributed by atoms with van der Waals surface area (Å²) in [5.41, 5.74) is 7.43. The Morgan fingerprint density at radius 1 is 1.03 bits per heavy atom. The minimum Gasteiger partial charge on any atom is -0.333 e. The van der Waals surface area contributed by atoms with Crippen LogP contribution in [0.15, 0.2) is 79.3 Å². The van der Waals surface area contributed by atoms with Gasteiger partial charge in [-0.2, -0.15) is 5.10 Å². The normalized spacial score (nSPS) is 11.0. The van der Waals surface area contributed by atoms with Crippen LogP contribution in [0.3, 0.4) is 0 Å². The maximum Gasteiger partial charge on any atom is 0.246 e. The summed E-state index contributed by atoms with van der Waals surface area (Å²) in [5, 5.41) is 7.70. The first kappa shape index (κ1) is 25.6. The smallest absolute Gasteiger partial charge is 0.246 e. The highest BCUT2D eigenvalue weighted by Crippen LogP contribution is 2.24. The summed E-state index contributed by atoms with van der Waals surface area (Å²) < 4.78 is 1.85. The molecule has 37 heavy (non-hydrogen) atoms. The molecule has 0 saturated heterocycles. The Balaban J connectivity index is 1.48. The Bertz CT molecular complexity index is 1400. The number of likely N-dealkylation sites (N-methyl/N-ethyl adjacent to an activating group) is 1. The van der Waals surface area contributed by atoms with Crippen LogP contribution in [0.4, 0.5) is 5.69 Å². The van der Waals surface area contributed by atoms with Gasteiger partial charge in [-0.3, -0.25) is 19.3 Å². The average molecular weight is 494 g/mol. The van der Waals surface area contributed by atoms with Gasteiger partial charge in [-0.05, 0) is 55.7 Å². The lowest BCUT2D eigenvalue weighted by atomic mass is 10.1. The van der Waals surface area contributed by atoms with Crippen LogP contribution in [-0.4, -0.2) is 45.1 Å². The molecule has 0 aliphatic rings. The summed E-state index contributed by atoms with van der Waals surface area (Å²) in [7, 11) is 1.61. The van der Waals surface area contributed by atoms with E-state index in [1.54, 1.807) is 25.5 Å². The molecule has 0 aliphatic heterocycles. The standard InChI is InChI=1S/C30H31N5O2/c1-21-15-22(2)29(23(3)16-21)32-27(36)20-34(4)28(37)13-12-26-19-35(18-24-9-6-5-7-10-24)33-30(26)25-11-8-14-31-17-25/h5-17,19H,18,20H2,1-4H3,(H,32,36). The second-order valence-electron chi connectivity index (χ2n) is 9.21. The minimum atomic E-state index is -0.277. The molecule has 2 heterocycles. The van der Waals surface area contributed by atoms with E-state index in [-0.39, 0.29) is 18.4 Å². The molecule has 1 N–H and O–H groups in total. The molecule has 0 radical (unpaired) electrons. The number of carbonyl (C=O) groups is 2. The number of anilines is 1. The quantitative estimate of drug-likeness (QED) is 0.349.